The van der Waals surface area contributed by atoms with Crippen molar-refractivity contribution in [2.45, 2.75) is 12.2 Å². The van der Waals surface area contributed by atoms with E-state index in [1.165, 1.54) is 0 Å². The van der Waals surface area contributed by atoms with Gasteiger partial charge in [-0.1, -0.05) is 0 Å². The van der Waals surface area contributed by atoms with E-state index in [9.17, 15) is 0 Å². The van der Waals surface area contributed by atoms with Gasteiger partial charge in [-0.05, 0) is 0 Å². The molecular weight excluding hydrogens is 132 g/mol. The van der Waals surface area contributed by atoms with Crippen molar-refractivity contribution in [3.8, 4) is 6.07 Å². The predicted molar refractivity (Wildman–Crippen MR) is 34.0 cm³/mol. The van der Waals surface area contributed by atoms with E-state index in [2.05, 4.69) is 5.32 Å². The lowest BCUT2D eigenvalue weighted by molar-refractivity contribution is -0.0198. The number of aliphatic hydroxyl groups is 2. The summed E-state index contributed by atoms with van der Waals surface area (Å²) in [5.41, 5.74) is 0. The van der Waals surface area contributed by atoms with Gasteiger partial charge in [0.05, 0.1) is 24.2 Å². The zero-order valence-electron chi connectivity index (χ0n) is 5.49. The minimum absolute atomic E-state index is 0.374. The molecule has 0 aromatic heterocycles. The first-order valence-corrected chi connectivity index (χ1v) is 3.22. The van der Waals surface area contributed by atoms with Crippen LogP contribution >= 0.6 is 0 Å². The number of hydrogen-bond donors (Lipinski definition) is 3. The van der Waals surface area contributed by atoms with E-state index in [1.54, 1.807) is 0 Å². The van der Waals surface area contributed by atoms with Gasteiger partial charge in [-0.15, -0.1) is 0 Å². The lowest BCUT2D eigenvalue weighted by atomic mass is 9.96. The molecule has 0 aromatic carbocycles. The van der Waals surface area contributed by atoms with Crippen molar-refractivity contribution in [2.24, 2.45) is 5.92 Å². The number of aliphatic hydroxyl groups excluding tert-OH is 2. The fourth-order valence-corrected chi connectivity index (χ4v) is 1.02. The number of piperidine rings is 1. The van der Waals surface area contributed by atoms with E-state index in [-0.39, 0.29) is 0 Å². The topological polar surface area (TPSA) is 76.3 Å². The highest BCUT2D eigenvalue weighted by Gasteiger charge is 2.29. The summed E-state index contributed by atoms with van der Waals surface area (Å²) < 4.78 is 0. The summed E-state index contributed by atoms with van der Waals surface area (Å²) in [5.74, 6) is -0.469. The molecule has 0 spiro atoms. The first kappa shape index (κ1) is 7.48. The van der Waals surface area contributed by atoms with Crippen molar-refractivity contribution in [2.75, 3.05) is 13.1 Å². The molecule has 10 heavy (non-hydrogen) atoms. The Hall–Kier alpha value is -0.630. The Balaban J connectivity index is 2.53. The van der Waals surface area contributed by atoms with Gasteiger partial charge in [0.25, 0.3) is 0 Å². The quantitative estimate of drug-likeness (QED) is 0.383. The second kappa shape index (κ2) is 2.97. The molecule has 56 valence electrons. The summed E-state index contributed by atoms with van der Waals surface area (Å²) >= 11 is 0. The number of hydrogen-bond acceptors (Lipinski definition) is 4. The minimum Gasteiger partial charge on any atom is -0.389 e. The molecule has 1 aliphatic rings. The van der Waals surface area contributed by atoms with Crippen LogP contribution in [0.25, 0.3) is 0 Å². The zero-order chi connectivity index (χ0) is 7.56. The highest BCUT2D eigenvalue weighted by molar-refractivity contribution is 4.96. The molecule has 1 aliphatic heterocycles. The highest BCUT2D eigenvalue weighted by atomic mass is 16.3. The van der Waals surface area contributed by atoms with E-state index in [0.717, 1.165) is 0 Å². The maximum Gasteiger partial charge on any atom is 0.0981 e. The van der Waals surface area contributed by atoms with Crippen molar-refractivity contribution in [1.29, 1.82) is 5.26 Å². The van der Waals surface area contributed by atoms with Crippen molar-refractivity contribution in [3.63, 3.8) is 0 Å². The van der Waals surface area contributed by atoms with Gasteiger partial charge in [-0.2, -0.15) is 5.26 Å². The SMILES string of the molecule is N#CC1CNCC(O)C1O. The summed E-state index contributed by atoms with van der Waals surface area (Å²) in [6.07, 6.45) is -1.68. The summed E-state index contributed by atoms with van der Waals surface area (Å²) in [7, 11) is 0. The predicted octanol–water partition coefficient (Wildman–Crippen LogP) is -1.55. The molecule has 4 heteroatoms. The van der Waals surface area contributed by atoms with Crippen LogP contribution in [0.15, 0.2) is 0 Å². The van der Waals surface area contributed by atoms with Gasteiger partial charge in [-0.25, -0.2) is 0 Å². The van der Waals surface area contributed by atoms with Crippen LogP contribution in [0.1, 0.15) is 0 Å². The molecule has 1 fully saturated rings. The molecule has 3 N–H and O–H groups in total. The van der Waals surface area contributed by atoms with Gasteiger partial charge in [0.15, 0.2) is 0 Å². The first-order valence-electron chi connectivity index (χ1n) is 3.22. The van der Waals surface area contributed by atoms with Gasteiger partial charge < -0.3 is 15.5 Å². The molecular formula is C6H10N2O2. The normalized spacial score (nSPS) is 40.7. The van der Waals surface area contributed by atoms with E-state index < -0.39 is 18.1 Å². The summed E-state index contributed by atoms with van der Waals surface area (Å²) in [6, 6.07) is 1.91. The van der Waals surface area contributed by atoms with Crippen LogP contribution in [0.4, 0.5) is 0 Å². The summed E-state index contributed by atoms with van der Waals surface area (Å²) in [5, 5.41) is 29.4. The third-order valence-corrected chi connectivity index (χ3v) is 1.69. The van der Waals surface area contributed by atoms with Gasteiger partial charge in [0, 0.05) is 13.1 Å². The maximum atomic E-state index is 9.12. The lowest BCUT2D eigenvalue weighted by Gasteiger charge is -2.27. The average Bonchev–Trinajstić information content (AvgIpc) is 1.95. The standard InChI is InChI=1S/C6H10N2O2/c7-1-4-2-8-3-5(9)6(4)10/h4-6,8-10H,2-3H2. The average molecular weight is 142 g/mol. The third kappa shape index (κ3) is 1.27. The summed E-state index contributed by atoms with van der Waals surface area (Å²) in [4.78, 5) is 0. The fourth-order valence-electron chi connectivity index (χ4n) is 1.02. The van der Waals surface area contributed by atoms with Gasteiger partial charge in [0.1, 0.15) is 0 Å². The van der Waals surface area contributed by atoms with Gasteiger partial charge >= 0.3 is 0 Å². The molecule has 4 nitrogen and oxygen atoms in total. The molecule has 0 bridgehead atoms. The molecule has 3 unspecified atom stereocenters. The summed E-state index contributed by atoms with van der Waals surface area (Å²) in [6.45, 7) is 0.841. The van der Waals surface area contributed by atoms with Crippen molar-refractivity contribution in [3.05, 3.63) is 0 Å². The van der Waals surface area contributed by atoms with Crippen LogP contribution in [-0.4, -0.2) is 35.5 Å². The smallest absolute Gasteiger partial charge is 0.0981 e. The molecule has 3 atom stereocenters. The maximum absolute atomic E-state index is 9.12. The van der Waals surface area contributed by atoms with E-state index in [4.69, 9.17) is 15.5 Å². The second-order valence-electron chi connectivity index (χ2n) is 2.45. The van der Waals surface area contributed by atoms with Gasteiger partial charge in [-0.3, -0.25) is 0 Å². The molecule has 0 amide bonds. The molecule has 0 aromatic rings. The lowest BCUT2D eigenvalue weighted by Crippen LogP contribution is -2.49. The van der Waals surface area contributed by atoms with Crippen LogP contribution in [0.3, 0.4) is 0 Å². The van der Waals surface area contributed by atoms with Crippen LogP contribution in [0.2, 0.25) is 0 Å². The molecule has 0 radical (unpaired) electrons. The van der Waals surface area contributed by atoms with Crippen molar-refractivity contribution >= 4 is 0 Å². The highest BCUT2D eigenvalue weighted by Crippen LogP contribution is 2.09. The zero-order valence-corrected chi connectivity index (χ0v) is 5.49. The Morgan fingerprint density at radius 1 is 1.40 bits per heavy atom. The number of β-amino-alcohol motifs (C(OH)–C–C–N with tert-alkyl or cyclic N) is 1. The molecule has 1 heterocycles. The van der Waals surface area contributed by atoms with E-state index in [0.29, 0.717) is 13.1 Å². The largest absolute Gasteiger partial charge is 0.389 e. The van der Waals surface area contributed by atoms with Crippen molar-refractivity contribution in [1.82, 2.24) is 5.32 Å². The Bertz CT molecular complexity index is 154. The Labute approximate surface area is 59.1 Å². The molecule has 0 aliphatic carbocycles. The third-order valence-electron chi connectivity index (χ3n) is 1.69. The van der Waals surface area contributed by atoms with E-state index >= 15 is 0 Å². The van der Waals surface area contributed by atoms with Crippen LogP contribution in [0.5, 0.6) is 0 Å². The fraction of sp³-hybridized carbons (Fsp3) is 0.833. The monoisotopic (exact) mass is 142 g/mol. The number of nitrogens with one attached hydrogen (secondary N) is 1. The number of nitrogens with zero attached hydrogens (tertiary/aromatic N) is 1. The number of rotatable bonds is 0. The Morgan fingerprint density at radius 2 is 2.10 bits per heavy atom. The Kier molecular flexibility index (Phi) is 2.22. The van der Waals surface area contributed by atoms with Crippen molar-refractivity contribution < 1.29 is 10.2 Å². The van der Waals surface area contributed by atoms with Gasteiger partial charge in [0.2, 0.25) is 0 Å². The van der Waals surface area contributed by atoms with E-state index in [1.807, 2.05) is 6.07 Å². The van der Waals surface area contributed by atoms with Crippen LogP contribution < -0.4 is 5.32 Å². The second-order valence-corrected chi connectivity index (χ2v) is 2.45. The van der Waals surface area contributed by atoms with Crippen LogP contribution in [-0.2, 0) is 0 Å². The number of nitriles is 1. The van der Waals surface area contributed by atoms with Crippen LogP contribution in [0, 0.1) is 17.2 Å². The molecule has 1 rings (SSSR count). The Morgan fingerprint density at radius 3 is 2.60 bits per heavy atom. The minimum atomic E-state index is -0.883. The first-order chi connectivity index (χ1) is 4.75. The molecule has 1 saturated heterocycles. The molecule has 0 saturated carbocycles.